The third-order valence-corrected chi connectivity index (χ3v) is 4.19. The van der Waals surface area contributed by atoms with Crippen LogP contribution >= 0.6 is 0 Å². The summed E-state index contributed by atoms with van der Waals surface area (Å²) >= 11 is 0. The van der Waals surface area contributed by atoms with Gasteiger partial charge in [0.25, 0.3) is 0 Å². The maximum absolute atomic E-state index is 13.5. The van der Waals surface area contributed by atoms with Crippen molar-refractivity contribution in [1.29, 1.82) is 0 Å². The van der Waals surface area contributed by atoms with Crippen molar-refractivity contribution in [2.45, 2.75) is 18.9 Å². The molecule has 2 aromatic rings. The second-order valence-corrected chi connectivity index (χ2v) is 5.77. The lowest BCUT2D eigenvalue weighted by atomic mass is 10.0. The molecule has 25 heavy (non-hydrogen) atoms. The molecule has 2 heterocycles. The van der Waals surface area contributed by atoms with Gasteiger partial charge < -0.3 is 14.6 Å². The Bertz CT molecular complexity index is 762. The first kappa shape index (κ1) is 17.2. The van der Waals surface area contributed by atoms with Crippen LogP contribution in [0, 0.1) is 5.82 Å². The van der Waals surface area contributed by atoms with Crippen LogP contribution in [0.1, 0.15) is 12.8 Å². The van der Waals surface area contributed by atoms with Crippen molar-refractivity contribution < 1.29 is 23.8 Å². The minimum absolute atomic E-state index is 0.140. The normalized spacial score (nSPS) is 16.6. The zero-order chi connectivity index (χ0) is 17.8. The fourth-order valence-corrected chi connectivity index (χ4v) is 2.99. The summed E-state index contributed by atoms with van der Waals surface area (Å²) in [5.41, 5.74) is 1.61. The Balaban J connectivity index is 2.03. The average Bonchev–Trinajstić information content (AvgIpc) is 3.12. The fourth-order valence-electron chi connectivity index (χ4n) is 2.99. The third-order valence-electron chi connectivity index (χ3n) is 4.19. The maximum Gasteiger partial charge on any atom is 0.411 e. The van der Waals surface area contributed by atoms with Crippen LogP contribution in [0.15, 0.2) is 36.7 Å². The molecule has 1 unspecified atom stereocenters. The highest BCUT2D eigenvalue weighted by atomic mass is 19.1. The van der Waals surface area contributed by atoms with E-state index >= 15 is 0 Å². The number of nitrogens with zero attached hydrogens (tertiary/aromatic N) is 2. The quantitative estimate of drug-likeness (QED) is 0.896. The van der Waals surface area contributed by atoms with Crippen LogP contribution in [0.3, 0.4) is 0 Å². The summed E-state index contributed by atoms with van der Waals surface area (Å²) < 4.78 is 24.3. The van der Waals surface area contributed by atoms with E-state index < -0.39 is 11.9 Å². The smallest absolute Gasteiger partial charge is 0.411 e. The lowest BCUT2D eigenvalue weighted by molar-refractivity contribution is 0.114. The Kier molecular flexibility index (Phi) is 5.14. The molecule has 1 fully saturated rings. The van der Waals surface area contributed by atoms with Gasteiger partial charge in [0, 0.05) is 30.0 Å². The average molecular weight is 346 g/mol. The largest absolute Gasteiger partial charge is 0.496 e. The molecule has 1 N–H and O–H groups in total. The van der Waals surface area contributed by atoms with Gasteiger partial charge in [-0.3, -0.25) is 9.88 Å². The minimum atomic E-state index is -1.09. The minimum Gasteiger partial charge on any atom is -0.496 e. The molecule has 1 aliphatic heterocycles. The Labute approximate surface area is 144 Å². The Morgan fingerprint density at radius 3 is 2.96 bits per heavy atom. The number of methoxy groups -OCH3 is 1. The van der Waals surface area contributed by atoms with Gasteiger partial charge in [0.2, 0.25) is 0 Å². The molecule has 3 rings (SSSR count). The van der Waals surface area contributed by atoms with Gasteiger partial charge in [-0.2, -0.15) is 0 Å². The molecule has 1 atom stereocenters. The number of halogens is 1. The van der Waals surface area contributed by atoms with Gasteiger partial charge in [0.15, 0.2) is 0 Å². The number of amides is 1. The van der Waals surface area contributed by atoms with Gasteiger partial charge in [-0.25, -0.2) is 9.18 Å². The molecule has 0 spiro atoms. The zero-order valence-corrected chi connectivity index (χ0v) is 13.8. The number of rotatable bonds is 5. The van der Waals surface area contributed by atoms with E-state index in [9.17, 15) is 14.3 Å². The molecule has 1 aromatic carbocycles. The van der Waals surface area contributed by atoms with Crippen molar-refractivity contribution in [3.8, 4) is 16.9 Å². The molecule has 0 radical (unpaired) electrons. The van der Waals surface area contributed by atoms with Crippen LogP contribution in [-0.4, -0.2) is 42.5 Å². The van der Waals surface area contributed by atoms with E-state index in [1.165, 1.54) is 30.3 Å². The first-order chi connectivity index (χ1) is 12.1. The molecule has 1 aromatic heterocycles. The van der Waals surface area contributed by atoms with Gasteiger partial charge >= 0.3 is 6.09 Å². The van der Waals surface area contributed by atoms with Crippen LogP contribution in [0.2, 0.25) is 0 Å². The first-order valence-corrected chi connectivity index (χ1v) is 8.00. The Morgan fingerprint density at radius 2 is 2.28 bits per heavy atom. The predicted molar refractivity (Wildman–Crippen MR) is 90.5 cm³/mol. The van der Waals surface area contributed by atoms with Gasteiger partial charge in [0.1, 0.15) is 11.6 Å². The molecule has 1 aliphatic rings. The molecule has 1 saturated heterocycles. The summed E-state index contributed by atoms with van der Waals surface area (Å²) in [6.07, 6.45) is 3.56. The highest BCUT2D eigenvalue weighted by Crippen LogP contribution is 2.37. The zero-order valence-electron chi connectivity index (χ0n) is 13.8. The molecule has 0 saturated carbocycles. The second kappa shape index (κ2) is 7.48. The Hall–Kier alpha value is -2.67. The number of anilines is 1. The second-order valence-electron chi connectivity index (χ2n) is 5.77. The van der Waals surface area contributed by atoms with Crippen LogP contribution in [0.25, 0.3) is 11.1 Å². The van der Waals surface area contributed by atoms with E-state index in [4.69, 9.17) is 9.47 Å². The van der Waals surface area contributed by atoms with Gasteiger partial charge in [-0.1, -0.05) is 0 Å². The van der Waals surface area contributed by atoms with Crippen molar-refractivity contribution in [2.75, 3.05) is 25.2 Å². The highest BCUT2D eigenvalue weighted by molar-refractivity contribution is 5.93. The summed E-state index contributed by atoms with van der Waals surface area (Å²) in [4.78, 5) is 17.1. The fraction of sp³-hybridized carbons (Fsp3) is 0.333. The first-order valence-electron chi connectivity index (χ1n) is 8.00. The lowest BCUT2D eigenvalue weighted by Crippen LogP contribution is -2.36. The van der Waals surface area contributed by atoms with E-state index in [1.54, 1.807) is 18.3 Å². The van der Waals surface area contributed by atoms with Crippen LogP contribution in [0.5, 0.6) is 5.75 Å². The number of carboxylic acid groups (broad SMARTS) is 1. The van der Waals surface area contributed by atoms with E-state index in [2.05, 4.69) is 4.98 Å². The predicted octanol–water partition coefficient (Wildman–Crippen LogP) is 3.56. The summed E-state index contributed by atoms with van der Waals surface area (Å²) in [6, 6.07) is 5.84. The monoisotopic (exact) mass is 346 g/mol. The van der Waals surface area contributed by atoms with Crippen molar-refractivity contribution in [1.82, 2.24) is 4.98 Å². The standard InChI is InChI=1S/C18H19FN2O4/c1-24-17-9-12(19)4-5-15(17)14-6-7-20-10-16(14)21(18(22)23)11-13-3-2-8-25-13/h4-7,9-10,13H,2-3,8,11H2,1H3,(H,22,23). The Morgan fingerprint density at radius 1 is 1.44 bits per heavy atom. The number of benzene rings is 1. The van der Waals surface area contributed by atoms with Gasteiger partial charge in [-0.05, 0) is 31.0 Å². The number of hydrogen-bond acceptors (Lipinski definition) is 4. The molecule has 7 heteroatoms. The van der Waals surface area contributed by atoms with Crippen LogP contribution in [-0.2, 0) is 4.74 Å². The summed E-state index contributed by atoms with van der Waals surface area (Å²) in [5.74, 6) is -0.0967. The van der Waals surface area contributed by atoms with Gasteiger partial charge in [0.05, 0.1) is 31.6 Å². The van der Waals surface area contributed by atoms with Crippen LogP contribution < -0.4 is 9.64 Å². The van der Waals surface area contributed by atoms with Crippen molar-refractivity contribution >= 4 is 11.8 Å². The van der Waals surface area contributed by atoms with Crippen LogP contribution in [0.4, 0.5) is 14.9 Å². The van der Waals surface area contributed by atoms with Crippen molar-refractivity contribution in [3.63, 3.8) is 0 Å². The molecular weight excluding hydrogens is 327 g/mol. The van der Waals surface area contributed by atoms with Gasteiger partial charge in [-0.15, -0.1) is 0 Å². The number of ether oxygens (including phenoxy) is 2. The lowest BCUT2D eigenvalue weighted by Gasteiger charge is -2.25. The highest BCUT2D eigenvalue weighted by Gasteiger charge is 2.26. The SMILES string of the molecule is COc1cc(F)ccc1-c1ccncc1N(CC1CCCO1)C(=O)O. The summed E-state index contributed by atoms with van der Waals surface area (Å²) in [7, 11) is 1.44. The summed E-state index contributed by atoms with van der Waals surface area (Å²) in [6.45, 7) is 0.862. The number of carbonyl (C=O) groups is 1. The molecule has 1 amide bonds. The molecule has 0 aliphatic carbocycles. The molecular formula is C18H19FN2O4. The molecule has 6 nitrogen and oxygen atoms in total. The maximum atomic E-state index is 13.5. The number of hydrogen-bond donors (Lipinski definition) is 1. The molecule has 0 bridgehead atoms. The van der Waals surface area contributed by atoms with Crippen molar-refractivity contribution in [3.05, 3.63) is 42.5 Å². The number of pyridine rings is 1. The third kappa shape index (κ3) is 3.71. The van der Waals surface area contributed by atoms with E-state index in [0.717, 1.165) is 12.8 Å². The number of aromatic nitrogens is 1. The van der Waals surface area contributed by atoms with Crippen molar-refractivity contribution in [2.24, 2.45) is 0 Å². The topological polar surface area (TPSA) is 71.9 Å². The van der Waals surface area contributed by atoms with E-state index in [0.29, 0.717) is 29.2 Å². The summed E-state index contributed by atoms with van der Waals surface area (Å²) in [5, 5.41) is 9.68. The van der Waals surface area contributed by atoms with E-state index in [-0.39, 0.29) is 12.6 Å². The molecule has 132 valence electrons. The van der Waals surface area contributed by atoms with E-state index in [1.807, 2.05) is 0 Å².